The Morgan fingerprint density at radius 3 is 2.66 bits per heavy atom. The maximum Gasteiger partial charge on any atom is 0.303 e. The third-order valence-electron chi connectivity index (χ3n) is 5.60. The summed E-state index contributed by atoms with van der Waals surface area (Å²) in [7, 11) is 0. The average molecular weight is 446 g/mol. The van der Waals surface area contributed by atoms with Crippen LogP contribution >= 0.6 is 24.0 Å². The first kappa shape index (κ1) is 21.2. The molecule has 3 unspecified atom stereocenters. The molecule has 4 fully saturated rings. The number of ether oxygens (including phenoxy) is 3. The molecular weight excluding hydrogens is 422 g/mol. The molecule has 0 radical (unpaired) electrons. The maximum atomic E-state index is 12.6. The van der Waals surface area contributed by atoms with E-state index in [0.29, 0.717) is 17.2 Å². The molecule has 29 heavy (non-hydrogen) atoms. The van der Waals surface area contributed by atoms with Crippen LogP contribution in [0, 0.1) is 0 Å². The second kappa shape index (κ2) is 7.88. The first-order chi connectivity index (χ1) is 13.7. The Balaban J connectivity index is 1.43. The number of carboxylic acids is 1. The van der Waals surface area contributed by atoms with Crippen molar-refractivity contribution < 1.29 is 39.1 Å². The van der Waals surface area contributed by atoms with E-state index in [0.717, 1.165) is 31.0 Å². The molecule has 3 N–H and O–H groups in total. The molecule has 0 aromatic rings. The smallest absolute Gasteiger partial charge is 0.303 e. The second-order valence-corrected chi connectivity index (χ2v) is 9.36. The zero-order valence-corrected chi connectivity index (χ0v) is 17.2. The topological polar surface area (TPSA) is 126 Å². The standard InChI is InChI=1S/C18H23NO8S2/c20-12(21)5-4-8-19-14(22)10(29-16(19)28)9-11-18(23,24)13-15(25-11)27-17(26-13)6-2-1-3-7-17/h9,11,13,15,23-24H,1-8H2,(H,20,21)/b10-9-. The number of carbonyl (C=O) groups is 2. The lowest BCUT2D eigenvalue weighted by atomic mass is 9.94. The molecule has 1 saturated carbocycles. The average Bonchev–Trinajstić information content (AvgIpc) is 3.21. The van der Waals surface area contributed by atoms with E-state index in [1.165, 1.54) is 11.0 Å². The van der Waals surface area contributed by atoms with Crippen LogP contribution in [0.4, 0.5) is 0 Å². The molecule has 11 heteroatoms. The summed E-state index contributed by atoms with van der Waals surface area (Å²) in [6, 6.07) is 0. The molecule has 3 atom stereocenters. The van der Waals surface area contributed by atoms with Crippen LogP contribution in [-0.2, 0) is 23.8 Å². The molecule has 1 aliphatic carbocycles. The van der Waals surface area contributed by atoms with Gasteiger partial charge in [0.05, 0.1) is 4.91 Å². The van der Waals surface area contributed by atoms with Crippen LogP contribution in [0.5, 0.6) is 0 Å². The maximum absolute atomic E-state index is 12.6. The summed E-state index contributed by atoms with van der Waals surface area (Å²) in [6.07, 6.45) is 2.65. The van der Waals surface area contributed by atoms with Gasteiger partial charge < -0.3 is 29.5 Å². The van der Waals surface area contributed by atoms with E-state index < -0.39 is 41.9 Å². The first-order valence-electron chi connectivity index (χ1n) is 9.65. The van der Waals surface area contributed by atoms with Gasteiger partial charge in [-0.3, -0.25) is 14.5 Å². The number of carbonyl (C=O) groups excluding carboxylic acids is 1. The van der Waals surface area contributed by atoms with Crippen molar-refractivity contribution in [3.8, 4) is 0 Å². The Bertz CT molecular complexity index is 748. The highest BCUT2D eigenvalue weighted by atomic mass is 32.2. The van der Waals surface area contributed by atoms with Gasteiger partial charge >= 0.3 is 5.97 Å². The monoisotopic (exact) mass is 445 g/mol. The molecule has 160 valence electrons. The number of hydrogen-bond acceptors (Lipinski definition) is 9. The summed E-state index contributed by atoms with van der Waals surface area (Å²) >= 11 is 6.21. The number of rotatable bonds is 5. The molecular formula is C18H23NO8S2. The van der Waals surface area contributed by atoms with E-state index in [1.807, 2.05) is 0 Å². The third-order valence-corrected chi connectivity index (χ3v) is 7.00. The van der Waals surface area contributed by atoms with Crippen LogP contribution in [0.15, 0.2) is 11.0 Å². The predicted octanol–water partition coefficient (Wildman–Crippen LogP) is 1.08. The highest BCUT2D eigenvalue weighted by molar-refractivity contribution is 8.26. The summed E-state index contributed by atoms with van der Waals surface area (Å²) in [5.41, 5.74) is 0. The van der Waals surface area contributed by atoms with Crippen LogP contribution in [0.25, 0.3) is 0 Å². The summed E-state index contributed by atoms with van der Waals surface area (Å²) in [6.45, 7) is 0.184. The zero-order valence-electron chi connectivity index (χ0n) is 15.6. The van der Waals surface area contributed by atoms with E-state index in [4.69, 9.17) is 31.5 Å². The predicted molar refractivity (Wildman–Crippen MR) is 104 cm³/mol. The van der Waals surface area contributed by atoms with Gasteiger partial charge in [-0.05, 0) is 25.3 Å². The van der Waals surface area contributed by atoms with E-state index >= 15 is 0 Å². The van der Waals surface area contributed by atoms with Crippen molar-refractivity contribution in [2.24, 2.45) is 0 Å². The van der Waals surface area contributed by atoms with Gasteiger partial charge in [-0.1, -0.05) is 30.4 Å². The number of hydrogen-bond donors (Lipinski definition) is 3. The van der Waals surface area contributed by atoms with Gasteiger partial charge in [0, 0.05) is 25.8 Å². The Morgan fingerprint density at radius 2 is 2.00 bits per heavy atom. The van der Waals surface area contributed by atoms with Crippen molar-refractivity contribution >= 4 is 40.2 Å². The Morgan fingerprint density at radius 1 is 1.28 bits per heavy atom. The van der Waals surface area contributed by atoms with Crippen molar-refractivity contribution in [2.75, 3.05) is 6.54 Å². The number of fused-ring (bicyclic) bond motifs is 1. The number of amides is 1. The van der Waals surface area contributed by atoms with Crippen molar-refractivity contribution in [3.63, 3.8) is 0 Å². The number of thioether (sulfide) groups is 1. The quantitative estimate of drug-likeness (QED) is 0.321. The molecule has 0 aromatic heterocycles. The van der Waals surface area contributed by atoms with E-state index in [-0.39, 0.29) is 24.3 Å². The van der Waals surface area contributed by atoms with Gasteiger partial charge in [-0.25, -0.2) is 0 Å². The third kappa shape index (κ3) is 3.97. The minimum atomic E-state index is -2.35. The van der Waals surface area contributed by atoms with Crippen LogP contribution < -0.4 is 0 Å². The SMILES string of the molecule is O=C(O)CCCN1C(=O)/C(=C/C2OC3OC4(CCCCC4)OC3C2(O)O)SC1=S. The lowest BCUT2D eigenvalue weighted by Crippen LogP contribution is -2.49. The summed E-state index contributed by atoms with van der Waals surface area (Å²) in [5, 5.41) is 30.1. The summed E-state index contributed by atoms with van der Waals surface area (Å²) in [4.78, 5) is 24.8. The van der Waals surface area contributed by atoms with Crippen LogP contribution in [0.2, 0.25) is 0 Å². The van der Waals surface area contributed by atoms with Gasteiger partial charge in [-0.15, -0.1) is 0 Å². The number of thiocarbonyl (C=S) groups is 1. The van der Waals surface area contributed by atoms with Crippen molar-refractivity contribution in [3.05, 3.63) is 11.0 Å². The molecule has 4 aliphatic rings. The molecule has 4 rings (SSSR count). The van der Waals surface area contributed by atoms with Crippen LogP contribution in [0.3, 0.4) is 0 Å². The Labute approximate surface area is 177 Å². The van der Waals surface area contributed by atoms with Gasteiger partial charge in [0.2, 0.25) is 5.79 Å². The van der Waals surface area contributed by atoms with E-state index in [9.17, 15) is 19.8 Å². The lowest BCUT2D eigenvalue weighted by molar-refractivity contribution is -0.289. The van der Waals surface area contributed by atoms with Gasteiger partial charge in [-0.2, -0.15) is 0 Å². The van der Waals surface area contributed by atoms with Crippen LogP contribution in [-0.4, -0.2) is 73.0 Å². The second-order valence-electron chi connectivity index (χ2n) is 7.69. The van der Waals surface area contributed by atoms with Gasteiger partial charge in [0.25, 0.3) is 5.91 Å². The minimum absolute atomic E-state index is 0.0714. The fourth-order valence-corrected chi connectivity index (χ4v) is 5.41. The molecule has 9 nitrogen and oxygen atoms in total. The number of carboxylic acid groups (broad SMARTS) is 1. The fourth-order valence-electron chi connectivity index (χ4n) is 4.10. The fraction of sp³-hybridized carbons (Fsp3) is 0.722. The summed E-state index contributed by atoms with van der Waals surface area (Å²) < 4.78 is 17.8. The number of nitrogens with zero attached hydrogens (tertiary/aromatic N) is 1. The molecule has 1 spiro atoms. The molecule has 1 amide bonds. The Kier molecular flexibility index (Phi) is 5.75. The molecule has 0 bridgehead atoms. The van der Waals surface area contributed by atoms with Crippen LogP contribution in [0.1, 0.15) is 44.9 Å². The van der Waals surface area contributed by atoms with Gasteiger partial charge in [0.1, 0.15) is 10.4 Å². The first-order valence-corrected chi connectivity index (χ1v) is 10.9. The van der Waals surface area contributed by atoms with Crippen molar-refractivity contribution in [1.82, 2.24) is 4.90 Å². The lowest BCUT2D eigenvalue weighted by Gasteiger charge is -2.34. The molecule has 3 saturated heterocycles. The van der Waals surface area contributed by atoms with E-state index in [1.54, 1.807) is 0 Å². The molecule has 0 aromatic carbocycles. The van der Waals surface area contributed by atoms with Crippen molar-refractivity contribution in [1.29, 1.82) is 0 Å². The highest BCUT2D eigenvalue weighted by Crippen LogP contribution is 2.48. The minimum Gasteiger partial charge on any atom is -0.481 e. The Hall–Kier alpha value is -1.08. The van der Waals surface area contributed by atoms with E-state index in [2.05, 4.69) is 0 Å². The normalized spacial score (nSPS) is 34.3. The largest absolute Gasteiger partial charge is 0.481 e. The van der Waals surface area contributed by atoms with Crippen molar-refractivity contribution in [2.45, 2.75) is 75.0 Å². The summed E-state index contributed by atoms with van der Waals surface area (Å²) in [5.74, 6) is -4.54. The zero-order chi connectivity index (χ0) is 20.8. The number of aliphatic hydroxyl groups is 2. The van der Waals surface area contributed by atoms with Gasteiger partial charge in [0.15, 0.2) is 18.2 Å². The highest BCUT2D eigenvalue weighted by Gasteiger charge is 2.64. The number of aliphatic carboxylic acids is 1. The molecule has 3 heterocycles. The molecule has 3 aliphatic heterocycles.